The molecule has 9 heteroatoms. The molecule has 0 aliphatic carbocycles. The highest BCUT2D eigenvalue weighted by molar-refractivity contribution is 6.12. The minimum atomic E-state index is -4.90. The van der Waals surface area contributed by atoms with Gasteiger partial charge in [-0.3, -0.25) is 14.6 Å². The molecular weight excluding hydrogens is 377 g/mol. The van der Waals surface area contributed by atoms with Crippen LogP contribution < -0.4 is 4.74 Å². The molecule has 0 radical (unpaired) electrons. The van der Waals surface area contributed by atoms with Gasteiger partial charge in [0.2, 0.25) is 5.78 Å². The van der Waals surface area contributed by atoms with Gasteiger partial charge in [0.15, 0.2) is 0 Å². The zero-order valence-electron chi connectivity index (χ0n) is 14.8. The molecular formula is C19H15F3N2O4. The summed E-state index contributed by atoms with van der Waals surface area (Å²) < 4.78 is 41.5. The Balaban J connectivity index is 2.20. The molecule has 0 bridgehead atoms. The lowest BCUT2D eigenvalue weighted by Crippen LogP contribution is -2.17. The van der Waals surface area contributed by atoms with Crippen molar-refractivity contribution in [3.05, 3.63) is 59.0 Å². The van der Waals surface area contributed by atoms with Gasteiger partial charge in [0, 0.05) is 22.7 Å². The molecule has 0 aliphatic heterocycles. The summed E-state index contributed by atoms with van der Waals surface area (Å²) in [4.78, 5) is 31.3. The van der Waals surface area contributed by atoms with E-state index in [1.165, 1.54) is 19.2 Å². The lowest BCUT2D eigenvalue weighted by atomic mass is 9.95. The predicted molar refractivity (Wildman–Crippen MR) is 93.4 cm³/mol. The van der Waals surface area contributed by atoms with Crippen molar-refractivity contribution in [1.82, 2.24) is 9.97 Å². The van der Waals surface area contributed by atoms with Gasteiger partial charge in [-0.1, -0.05) is 0 Å². The Morgan fingerprint density at radius 1 is 1.21 bits per heavy atom. The number of carbonyl (C=O) groups is 2. The minimum Gasteiger partial charge on any atom is -0.481 e. The van der Waals surface area contributed by atoms with E-state index in [0.29, 0.717) is 5.52 Å². The predicted octanol–water partition coefficient (Wildman–Crippen LogP) is 4.19. The largest absolute Gasteiger partial charge is 0.573 e. The number of carbonyl (C=O) groups excluding carboxylic acids is 1. The summed E-state index contributed by atoms with van der Waals surface area (Å²) in [5, 5.41) is 9.60. The van der Waals surface area contributed by atoms with Crippen LogP contribution in [0.1, 0.15) is 40.2 Å². The molecule has 2 aromatic heterocycles. The molecule has 1 aromatic carbocycles. The topological polar surface area (TPSA) is 92.3 Å². The number of rotatable bonds is 5. The quantitative estimate of drug-likeness (QED) is 0.635. The van der Waals surface area contributed by atoms with E-state index < -0.39 is 29.8 Å². The Morgan fingerprint density at radius 3 is 2.54 bits per heavy atom. The van der Waals surface area contributed by atoms with E-state index in [2.05, 4.69) is 14.7 Å². The standard InChI is InChI=1S/C19H15F3N2O4/c1-9-5-6-23-14(7-9)17(25)16-15(10(2)18(26)27)12-8-11(28-19(20,21)22)3-4-13(12)24-16/h3-8,10,24H,1-2H3,(H,26,27). The number of aromatic amines is 1. The number of hydrogen-bond donors (Lipinski definition) is 2. The zero-order chi connectivity index (χ0) is 20.6. The molecule has 1 unspecified atom stereocenters. The number of ether oxygens (including phenoxy) is 1. The van der Waals surface area contributed by atoms with Crippen LogP contribution in [0.2, 0.25) is 0 Å². The Morgan fingerprint density at radius 2 is 1.93 bits per heavy atom. The molecule has 6 nitrogen and oxygen atoms in total. The number of ketones is 1. The summed E-state index contributed by atoms with van der Waals surface area (Å²) in [7, 11) is 0. The fraction of sp³-hybridized carbons (Fsp3) is 0.211. The van der Waals surface area contributed by atoms with Crippen LogP contribution in [-0.2, 0) is 4.79 Å². The minimum absolute atomic E-state index is 0.0350. The van der Waals surface area contributed by atoms with E-state index in [4.69, 9.17) is 0 Å². The number of pyridine rings is 1. The highest BCUT2D eigenvalue weighted by atomic mass is 19.4. The van der Waals surface area contributed by atoms with Crippen LogP contribution in [0.15, 0.2) is 36.5 Å². The van der Waals surface area contributed by atoms with Gasteiger partial charge in [-0.05, 0) is 49.7 Å². The molecule has 146 valence electrons. The van der Waals surface area contributed by atoms with Gasteiger partial charge in [-0.25, -0.2) is 0 Å². The number of carboxylic acids is 1. The molecule has 0 fully saturated rings. The molecule has 0 saturated carbocycles. The maximum absolute atomic E-state index is 12.9. The van der Waals surface area contributed by atoms with Crippen LogP contribution in [-0.4, -0.2) is 33.2 Å². The summed E-state index contributed by atoms with van der Waals surface area (Å²) >= 11 is 0. The number of hydrogen-bond acceptors (Lipinski definition) is 4. The number of fused-ring (bicyclic) bond motifs is 1. The van der Waals surface area contributed by atoms with Gasteiger partial charge >= 0.3 is 12.3 Å². The van der Waals surface area contributed by atoms with Crippen molar-refractivity contribution in [1.29, 1.82) is 0 Å². The summed E-state index contributed by atoms with van der Waals surface area (Å²) in [5.41, 5.74) is 1.23. The van der Waals surface area contributed by atoms with Crippen molar-refractivity contribution >= 4 is 22.7 Å². The first kappa shape index (κ1) is 19.4. The number of nitrogens with one attached hydrogen (secondary N) is 1. The number of H-pyrrole nitrogens is 1. The highest BCUT2D eigenvalue weighted by Crippen LogP contribution is 2.34. The summed E-state index contributed by atoms with van der Waals surface area (Å²) in [6.07, 6.45) is -3.45. The van der Waals surface area contributed by atoms with Gasteiger partial charge < -0.3 is 14.8 Å². The van der Waals surface area contributed by atoms with E-state index in [9.17, 15) is 27.9 Å². The van der Waals surface area contributed by atoms with Gasteiger partial charge in [0.1, 0.15) is 11.4 Å². The van der Waals surface area contributed by atoms with Crippen molar-refractivity contribution in [3.8, 4) is 5.75 Å². The lowest BCUT2D eigenvalue weighted by molar-refractivity contribution is -0.274. The molecule has 2 N–H and O–H groups in total. The van der Waals surface area contributed by atoms with Gasteiger partial charge in [0.05, 0.1) is 11.6 Å². The summed E-state index contributed by atoms with van der Waals surface area (Å²) in [5.74, 6) is -3.44. The Kier molecular flexibility index (Phi) is 4.84. The van der Waals surface area contributed by atoms with E-state index in [-0.39, 0.29) is 22.3 Å². The third-order valence-electron chi connectivity index (χ3n) is 4.22. The molecule has 3 rings (SSSR count). The number of aromatic nitrogens is 2. The first-order valence-electron chi connectivity index (χ1n) is 8.18. The number of aryl methyl sites for hydroxylation is 1. The second kappa shape index (κ2) is 6.99. The summed E-state index contributed by atoms with van der Waals surface area (Å²) in [6, 6.07) is 6.69. The maximum atomic E-state index is 12.9. The average Bonchev–Trinajstić information content (AvgIpc) is 2.97. The molecule has 2 heterocycles. The first-order chi connectivity index (χ1) is 13.1. The smallest absolute Gasteiger partial charge is 0.481 e. The molecule has 0 amide bonds. The zero-order valence-corrected chi connectivity index (χ0v) is 14.8. The van der Waals surface area contributed by atoms with Crippen LogP contribution >= 0.6 is 0 Å². The number of aliphatic carboxylic acids is 1. The van der Waals surface area contributed by atoms with Crippen LogP contribution in [0.5, 0.6) is 5.75 Å². The number of halogens is 3. The van der Waals surface area contributed by atoms with Gasteiger partial charge in [-0.15, -0.1) is 13.2 Å². The van der Waals surface area contributed by atoms with Crippen LogP contribution in [0, 0.1) is 6.92 Å². The van der Waals surface area contributed by atoms with Crippen molar-refractivity contribution in [2.75, 3.05) is 0 Å². The fourth-order valence-corrected chi connectivity index (χ4v) is 2.93. The van der Waals surface area contributed by atoms with Crippen LogP contribution in [0.3, 0.4) is 0 Å². The number of nitrogens with zero attached hydrogens (tertiary/aromatic N) is 1. The van der Waals surface area contributed by atoms with Crippen LogP contribution in [0.4, 0.5) is 13.2 Å². The van der Waals surface area contributed by atoms with Crippen LogP contribution in [0.25, 0.3) is 10.9 Å². The third-order valence-corrected chi connectivity index (χ3v) is 4.22. The molecule has 0 saturated heterocycles. The second-order valence-electron chi connectivity index (χ2n) is 6.28. The summed E-state index contributed by atoms with van der Waals surface area (Å²) in [6.45, 7) is 3.12. The second-order valence-corrected chi connectivity index (χ2v) is 6.28. The van der Waals surface area contributed by atoms with E-state index in [1.807, 2.05) is 0 Å². The Bertz CT molecular complexity index is 1070. The van der Waals surface area contributed by atoms with Crippen molar-refractivity contribution in [2.45, 2.75) is 26.1 Å². The van der Waals surface area contributed by atoms with Crippen molar-refractivity contribution in [2.24, 2.45) is 0 Å². The maximum Gasteiger partial charge on any atom is 0.573 e. The monoisotopic (exact) mass is 392 g/mol. The fourth-order valence-electron chi connectivity index (χ4n) is 2.93. The molecule has 3 aromatic rings. The normalized spacial score (nSPS) is 12.8. The molecule has 1 atom stereocenters. The van der Waals surface area contributed by atoms with Crippen molar-refractivity contribution < 1.29 is 32.6 Å². The average molecular weight is 392 g/mol. The Labute approximate surface area is 157 Å². The lowest BCUT2D eigenvalue weighted by Gasteiger charge is -2.11. The number of benzene rings is 1. The SMILES string of the molecule is Cc1ccnc(C(=O)c2[nH]c3ccc(OC(F)(F)F)cc3c2C(C)C(=O)O)c1. The molecule has 0 aliphatic rings. The molecule has 28 heavy (non-hydrogen) atoms. The van der Waals surface area contributed by atoms with Gasteiger partial charge in [0.25, 0.3) is 0 Å². The van der Waals surface area contributed by atoms with E-state index in [0.717, 1.165) is 17.7 Å². The highest BCUT2D eigenvalue weighted by Gasteiger charge is 2.32. The van der Waals surface area contributed by atoms with Gasteiger partial charge in [-0.2, -0.15) is 0 Å². The molecule has 0 spiro atoms. The van der Waals surface area contributed by atoms with E-state index >= 15 is 0 Å². The Hall–Kier alpha value is -3.36. The first-order valence-corrected chi connectivity index (χ1v) is 8.18. The van der Waals surface area contributed by atoms with E-state index in [1.54, 1.807) is 19.1 Å². The number of alkyl halides is 3. The third kappa shape index (κ3) is 3.83. The van der Waals surface area contributed by atoms with Crippen molar-refractivity contribution in [3.63, 3.8) is 0 Å². The number of carboxylic acid groups (broad SMARTS) is 1.